The smallest absolute Gasteiger partial charge is 0.426 e. The van der Waals surface area contributed by atoms with Crippen molar-refractivity contribution in [3.05, 3.63) is 74.0 Å². The number of nitrogens with one attached hydrogen (secondary N) is 2. The van der Waals surface area contributed by atoms with Crippen LogP contribution in [0.3, 0.4) is 0 Å². The van der Waals surface area contributed by atoms with Crippen molar-refractivity contribution < 1.29 is 23.6 Å². The minimum atomic E-state index is -0.785. The maximum absolute atomic E-state index is 12.3. The van der Waals surface area contributed by atoms with Gasteiger partial charge in [-0.15, -0.1) is 0 Å². The molecule has 0 spiro atoms. The number of benzene rings is 2. The van der Waals surface area contributed by atoms with Gasteiger partial charge in [0.05, 0.1) is 6.10 Å². The number of carbonyl (C=O) groups excluding carboxylic acids is 2. The Kier molecular flexibility index (Phi) is 7.16. The van der Waals surface area contributed by atoms with Crippen molar-refractivity contribution in [1.29, 1.82) is 0 Å². The first-order valence-electron chi connectivity index (χ1n) is 11.7. The lowest BCUT2D eigenvalue weighted by atomic mass is 9.83. The molecule has 0 saturated carbocycles. The Morgan fingerprint density at radius 2 is 1.97 bits per heavy atom. The number of amides is 1. The summed E-state index contributed by atoms with van der Waals surface area (Å²) < 4.78 is 15.9. The largest absolute Gasteiger partial charge is 0.439 e. The van der Waals surface area contributed by atoms with Crippen LogP contribution in [0.5, 0.6) is 5.75 Å². The van der Waals surface area contributed by atoms with Gasteiger partial charge in [-0.25, -0.2) is 4.79 Å². The highest BCUT2D eigenvalue weighted by Gasteiger charge is 2.28. The van der Waals surface area contributed by atoms with Crippen molar-refractivity contribution in [1.82, 2.24) is 10.1 Å². The summed E-state index contributed by atoms with van der Waals surface area (Å²) in [6, 6.07) is 7.67. The number of anilines is 1. The van der Waals surface area contributed by atoms with E-state index in [1.54, 1.807) is 0 Å². The highest BCUT2D eigenvalue weighted by atomic mass is 16.5. The zero-order chi connectivity index (χ0) is 25.1. The molecule has 184 valence electrons. The standard InChI is InChI=1S/C26H29N3O6/c1-5-33-21-8-6-7-19-17(9-10-22(23(19)21)34-16(4)30)13-20-14(2)11-18(12-15(20)3)27-25(31)24-28-26(32)35-29-24/h9-12,21H,5-8,13H2,1-4H3,(H,27,31)(H,28,29,32)/t21-/m1/s1. The first kappa shape index (κ1) is 24.4. The van der Waals surface area contributed by atoms with E-state index in [0.717, 1.165) is 41.5 Å². The Morgan fingerprint density at radius 1 is 1.23 bits per heavy atom. The number of ether oxygens (including phenoxy) is 2. The molecule has 1 atom stereocenters. The molecule has 9 heteroatoms. The Bertz CT molecular complexity index is 1300. The van der Waals surface area contributed by atoms with Crippen LogP contribution in [-0.4, -0.2) is 28.6 Å². The molecule has 0 unspecified atom stereocenters. The fourth-order valence-corrected chi connectivity index (χ4v) is 4.78. The van der Waals surface area contributed by atoms with Gasteiger partial charge in [-0.3, -0.25) is 19.1 Å². The van der Waals surface area contributed by atoms with E-state index in [2.05, 4.69) is 20.0 Å². The second kappa shape index (κ2) is 10.3. The number of H-pyrrole nitrogens is 1. The summed E-state index contributed by atoms with van der Waals surface area (Å²) in [5.41, 5.74) is 7.11. The van der Waals surface area contributed by atoms with Crippen molar-refractivity contribution in [2.75, 3.05) is 11.9 Å². The van der Waals surface area contributed by atoms with E-state index >= 15 is 0 Å². The van der Waals surface area contributed by atoms with E-state index in [-0.39, 0.29) is 17.9 Å². The van der Waals surface area contributed by atoms with Crippen molar-refractivity contribution >= 4 is 17.6 Å². The first-order chi connectivity index (χ1) is 16.8. The van der Waals surface area contributed by atoms with Gasteiger partial charge in [0, 0.05) is 24.8 Å². The first-order valence-corrected chi connectivity index (χ1v) is 11.7. The third-order valence-corrected chi connectivity index (χ3v) is 6.23. The molecule has 0 aliphatic heterocycles. The lowest BCUT2D eigenvalue weighted by Crippen LogP contribution is -2.18. The molecule has 0 radical (unpaired) electrons. The van der Waals surface area contributed by atoms with Crippen LogP contribution in [0.15, 0.2) is 33.6 Å². The lowest BCUT2D eigenvalue weighted by Gasteiger charge is -2.29. The summed E-state index contributed by atoms with van der Waals surface area (Å²) in [5, 5.41) is 6.16. The lowest BCUT2D eigenvalue weighted by molar-refractivity contribution is -0.132. The molecule has 1 aliphatic carbocycles. The van der Waals surface area contributed by atoms with Gasteiger partial charge in [0.2, 0.25) is 5.82 Å². The number of rotatable bonds is 7. The number of aryl methyl sites for hydroxylation is 2. The quantitative estimate of drug-likeness (QED) is 0.385. The number of carbonyl (C=O) groups is 2. The van der Waals surface area contributed by atoms with E-state index in [4.69, 9.17) is 9.47 Å². The number of hydrogen-bond acceptors (Lipinski definition) is 7. The molecule has 0 saturated heterocycles. The molecule has 35 heavy (non-hydrogen) atoms. The Hall–Kier alpha value is -3.72. The van der Waals surface area contributed by atoms with Crippen molar-refractivity contribution in [3.8, 4) is 5.75 Å². The summed E-state index contributed by atoms with van der Waals surface area (Å²) in [6.45, 7) is 7.96. The molecule has 3 aromatic rings. The predicted octanol–water partition coefficient (Wildman–Crippen LogP) is 4.16. The van der Waals surface area contributed by atoms with Crippen molar-refractivity contribution in [2.24, 2.45) is 0 Å². The Balaban J connectivity index is 1.64. The van der Waals surface area contributed by atoms with Crippen molar-refractivity contribution in [2.45, 2.75) is 59.5 Å². The summed E-state index contributed by atoms with van der Waals surface area (Å²) in [5.74, 6) is -1.30. The van der Waals surface area contributed by atoms with Gasteiger partial charge in [0.25, 0.3) is 5.91 Å². The van der Waals surface area contributed by atoms with Crippen LogP contribution in [0.2, 0.25) is 0 Å². The zero-order valence-electron chi connectivity index (χ0n) is 20.3. The number of nitrogens with zero attached hydrogens (tertiary/aromatic N) is 1. The number of esters is 1. The molecule has 2 aromatic carbocycles. The Morgan fingerprint density at radius 3 is 2.60 bits per heavy atom. The van der Waals surface area contributed by atoms with Gasteiger partial charge in [-0.2, -0.15) is 0 Å². The topological polar surface area (TPSA) is 124 Å². The fraction of sp³-hybridized carbons (Fsp3) is 0.385. The second-order valence-corrected chi connectivity index (χ2v) is 8.71. The maximum Gasteiger partial charge on any atom is 0.439 e. The van der Waals surface area contributed by atoms with Crippen LogP contribution in [0.1, 0.15) is 76.8 Å². The van der Waals surface area contributed by atoms with Crippen LogP contribution in [0, 0.1) is 13.8 Å². The molecular formula is C26H29N3O6. The van der Waals surface area contributed by atoms with Gasteiger partial charge in [0.1, 0.15) is 5.75 Å². The third-order valence-electron chi connectivity index (χ3n) is 6.23. The normalized spacial score (nSPS) is 14.9. The van der Waals surface area contributed by atoms with Crippen LogP contribution in [-0.2, 0) is 22.4 Å². The molecular weight excluding hydrogens is 450 g/mol. The van der Waals surface area contributed by atoms with Crippen LogP contribution < -0.4 is 15.8 Å². The van der Waals surface area contributed by atoms with Gasteiger partial charge < -0.3 is 14.8 Å². The number of aromatic nitrogens is 2. The molecule has 1 heterocycles. The monoisotopic (exact) mass is 479 g/mol. The SMILES string of the molecule is CCO[C@@H]1CCCc2c(Cc3c(C)cc(NC(=O)c4noc(=O)[nH]4)cc3C)ccc(OC(C)=O)c21. The van der Waals surface area contributed by atoms with Crippen LogP contribution >= 0.6 is 0 Å². The van der Waals surface area contributed by atoms with E-state index in [1.165, 1.54) is 18.1 Å². The van der Waals surface area contributed by atoms with Gasteiger partial charge in [-0.05, 0) is 97.6 Å². The second-order valence-electron chi connectivity index (χ2n) is 8.71. The molecule has 9 nitrogen and oxygen atoms in total. The number of hydrogen-bond donors (Lipinski definition) is 2. The van der Waals surface area contributed by atoms with Crippen LogP contribution in [0.25, 0.3) is 0 Å². The summed E-state index contributed by atoms with van der Waals surface area (Å²) in [4.78, 5) is 37.4. The van der Waals surface area contributed by atoms with E-state index < -0.39 is 11.7 Å². The molecule has 2 N–H and O–H groups in total. The third kappa shape index (κ3) is 5.35. The Labute approximate surface area is 202 Å². The summed E-state index contributed by atoms with van der Waals surface area (Å²) in [6.07, 6.45) is 3.39. The van der Waals surface area contributed by atoms with Gasteiger partial charge >= 0.3 is 11.7 Å². The van der Waals surface area contributed by atoms with Gasteiger partial charge in [0.15, 0.2) is 0 Å². The van der Waals surface area contributed by atoms with E-state index in [1.807, 2.05) is 45.0 Å². The molecule has 1 aromatic heterocycles. The molecule has 1 amide bonds. The summed E-state index contributed by atoms with van der Waals surface area (Å²) >= 11 is 0. The maximum atomic E-state index is 12.3. The molecule has 4 rings (SSSR count). The molecule has 1 aliphatic rings. The van der Waals surface area contributed by atoms with E-state index in [0.29, 0.717) is 24.5 Å². The van der Waals surface area contributed by atoms with Crippen LogP contribution in [0.4, 0.5) is 5.69 Å². The van der Waals surface area contributed by atoms with Gasteiger partial charge in [-0.1, -0.05) is 6.07 Å². The average molecular weight is 480 g/mol. The average Bonchev–Trinajstić information content (AvgIpc) is 3.24. The fourth-order valence-electron chi connectivity index (χ4n) is 4.78. The molecule has 0 fully saturated rings. The number of aromatic amines is 1. The highest BCUT2D eigenvalue weighted by molar-refractivity contribution is 6.01. The summed E-state index contributed by atoms with van der Waals surface area (Å²) in [7, 11) is 0. The van der Waals surface area contributed by atoms with Crippen molar-refractivity contribution in [3.63, 3.8) is 0 Å². The minimum absolute atomic E-state index is 0.0965. The minimum Gasteiger partial charge on any atom is -0.426 e. The molecule has 0 bridgehead atoms. The number of fused-ring (bicyclic) bond motifs is 1. The highest BCUT2D eigenvalue weighted by Crippen LogP contribution is 2.41. The van der Waals surface area contributed by atoms with E-state index in [9.17, 15) is 14.4 Å². The zero-order valence-corrected chi connectivity index (χ0v) is 20.3. The predicted molar refractivity (Wildman–Crippen MR) is 129 cm³/mol.